The quantitative estimate of drug-likeness (QED) is 0.517. The zero-order chi connectivity index (χ0) is 9.84. The minimum Gasteiger partial charge on any atom is -0.437 e. The predicted molar refractivity (Wildman–Crippen MR) is 49.2 cm³/mol. The lowest BCUT2D eigenvalue weighted by molar-refractivity contribution is 0.121. The average molecular weight is 201 g/mol. The molecule has 3 nitrogen and oxygen atoms in total. The molecule has 0 N–H and O–H groups in total. The highest BCUT2D eigenvalue weighted by molar-refractivity contribution is 6.30. The number of methoxy groups -OCH3 is 1. The zero-order valence-corrected chi connectivity index (χ0v) is 8.09. The van der Waals surface area contributed by atoms with Crippen molar-refractivity contribution in [1.29, 1.82) is 0 Å². The highest BCUT2D eigenvalue weighted by Crippen LogP contribution is 2.22. The van der Waals surface area contributed by atoms with Crippen molar-refractivity contribution in [1.82, 2.24) is 0 Å². The van der Waals surface area contributed by atoms with Gasteiger partial charge in [0.05, 0.1) is 7.11 Å². The van der Waals surface area contributed by atoms with Gasteiger partial charge in [-0.2, -0.15) is 0 Å². The predicted octanol–water partition coefficient (Wildman–Crippen LogP) is 2.79. The Morgan fingerprint density at radius 2 is 2.15 bits per heavy atom. The van der Waals surface area contributed by atoms with Crippen molar-refractivity contribution < 1.29 is 14.3 Å². The van der Waals surface area contributed by atoms with Crippen molar-refractivity contribution in [3.05, 3.63) is 28.8 Å². The first-order valence-corrected chi connectivity index (χ1v) is 4.03. The van der Waals surface area contributed by atoms with Crippen LogP contribution in [0, 0.1) is 6.92 Å². The van der Waals surface area contributed by atoms with Crippen LogP contribution in [0.15, 0.2) is 18.2 Å². The van der Waals surface area contributed by atoms with E-state index in [1.165, 1.54) is 7.11 Å². The largest absolute Gasteiger partial charge is 0.513 e. The third-order valence-corrected chi connectivity index (χ3v) is 1.75. The average Bonchev–Trinajstić information content (AvgIpc) is 2.11. The fraction of sp³-hybridized carbons (Fsp3) is 0.222. The third-order valence-electron chi connectivity index (χ3n) is 1.51. The number of carbonyl (C=O) groups excluding carboxylic acids is 1. The lowest BCUT2D eigenvalue weighted by atomic mass is 10.2. The molecule has 0 spiro atoms. The van der Waals surface area contributed by atoms with E-state index in [1.807, 2.05) is 6.92 Å². The molecule has 1 aromatic rings. The molecule has 0 radical (unpaired) electrons. The van der Waals surface area contributed by atoms with E-state index in [0.29, 0.717) is 10.8 Å². The van der Waals surface area contributed by atoms with Crippen LogP contribution in [0.1, 0.15) is 5.56 Å². The van der Waals surface area contributed by atoms with E-state index in [0.717, 1.165) is 5.56 Å². The maximum absolute atomic E-state index is 10.8. The van der Waals surface area contributed by atoms with Crippen LogP contribution in [-0.2, 0) is 4.74 Å². The standard InChI is InChI=1S/C9H9ClO3/c1-6-3-4-7(10)5-8(6)13-9(11)12-2/h3-5H,1-2H3. The second-order valence-electron chi connectivity index (χ2n) is 2.47. The molecule has 0 aliphatic heterocycles. The summed E-state index contributed by atoms with van der Waals surface area (Å²) in [5.41, 5.74) is 0.829. The van der Waals surface area contributed by atoms with Gasteiger partial charge in [0.1, 0.15) is 5.75 Å². The maximum Gasteiger partial charge on any atom is 0.513 e. The molecule has 0 saturated heterocycles. The van der Waals surface area contributed by atoms with E-state index in [4.69, 9.17) is 16.3 Å². The molecule has 1 aromatic carbocycles. The van der Waals surface area contributed by atoms with Gasteiger partial charge in [0.15, 0.2) is 0 Å². The van der Waals surface area contributed by atoms with Gasteiger partial charge in [-0.15, -0.1) is 0 Å². The SMILES string of the molecule is COC(=O)Oc1cc(Cl)ccc1C. The molecule has 0 saturated carbocycles. The Morgan fingerprint density at radius 1 is 1.46 bits per heavy atom. The zero-order valence-electron chi connectivity index (χ0n) is 7.33. The van der Waals surface area contributed by atoms with Crippen LogP contribution in [0.2, 0.25) is 5.02 Å². The molecule has 70 valence electrons. The number of hydrogen-bond donors (Lipinski definition) is 0. The molecule has 4 heteroatoms. The first-order valence-electron chi connectivity index (χ1n) is 3.65. The molecule has 0 aromatic heterocycles. The van der Waals surface area contributed by atoms with Crippen molar-refractivity contribution in [3.63, 3.8) is 0 Å². The highest BCUT2D eigenvalue weighted by Gasteiger charge is 2.06. The molecule has 13 heavy (non-hydrogen) atoms. The number of halogens is 1. The van der Waals surface area contributed by atoms with Crippen molar-refractivity contribution in [2.45, 2.75) is 6.92 Å². The van der Waals surface area contributed by atoms with Crippen molar-refractivity contribution >= 4 is 17.8 Å². The molecule has 1 rings (SSSR count). The van der Waals surface area contributed by atoms with Gasteiger partial charge in [-0.25, -0.2) is 4.79 Å². The fourth-order valence-electron chi connectivity index (χ4n) is 0.815. The Balaban J connectivity index is 2.87. The van der Waals surface area contributed by atoms with Gasteiger partial charge in [-0.3, -0.25) is 0 Å². The Hall–Kier alpha value is -1.22. The van der Waals surface area contributed by atoms with Gasteiger partial charge in [0.2, 0.25) is 0 Å². The summed E-state index contributed by atoms with van der Waals surface area (Å²) < 4.78 is 9.17. The first kappa shape index (κ1) is 9.86. The van der Waals surface area contributed by atoms with Gasteiger partial charge in [0.25, 0.3) is 0 Å². The summed E-state index contributed by atoms with van der Waals surface area (Å²) in [5, 5.41) is 0.518. The number of carbonyl (C=O) groups is 1. The maximum atomic E-state index is 10.8. The summed E-state index contributed by atoms with van der Waals surface area (Å²) in [6.45, 7) is 1.81. The minimum atomic E-state index is -0.745. The third kappa shape index (κ3) is 2.63. The molecule has 0 amide bonds. The second-order valence-corrected chi connectivity index (χ2v) is 2.90. The van der Waals surface area contributed by atoms with Crippen LogP contribution in [0.5, 0.6) is 5.75 Å². The summed E-state index contributed by atoms with van der Waals surface area (Å²) in [5.74, 6) is 0.416. The van der Waals surface area contributed by atoms with E-state index in [1.54, 1.807) is 18.2 Å². The van der Waals surface area contributed by atoms with Crippen molar-refractivity contribution in [3.8, 4) is 5.75 Å². The van der Waals surface area contributed by atoms with E-state index in [2.05, 4.69) is 4.74 Å². The van der Waals surface area contributed by atoms with Gasteiger partial charge in [-0.1, -0.05) is 17.7 Å². The molecule has 0 bridgehead atoms. The van der Waals surface area contributed by atoms with Crippen LogP contribution in [0.4, 0.5) is 4.79 Å². The van der Waals surface area contributed by atoms with Gasteiger partial charge in [-0.05, 0) is 24.6 Å². The monoisotopic (exact) mass is 200 g/mol. The molecular weight excluding hydrogens is 192 g/mol. The summed E-state index contributed by atoms with van der Waals surface area (Å²) in [6, 6.07) is 5.05. The summed E-state index contributed by atoms with van der Waals surface area (Å²) in [4.78, 5) is 10.8. The molecule has 0 unspecified atom stereocenters. The van der Waals surface area contributed by atoms with E-state index < -0.39 is 6.16 Å². The Bertz CT molecular complexity index is 323. The minimum absolute atomic E-state index is 0.416. The van der Waals surface area contributed by atoms with Crippen LogP contribution in [0.3, 0.4) is 0 Å². The van der Waals surface area contributed by atoms with E-state index in [-0.39, 0.29) is 0 Å². The molecular formula is C9H9ClO3. The normalized spacial score (nSPS) is 9.46. The number of hydrogen-bond acceptors (Lipinski definition) is 3. The Morgan fingerprint density at radius 3 is 2.77 bits per heavy atom. The van der Waals surface area contributed by atoms with Crippen molar-refractivity contribution in [2.24, 2.45) is 0 Å². The fourth-order valence-corrected chi connectivity index (χ4v) is 0.977. The van der Waals surface area contributed by atoms with Crippen LogP contribution >= 0.6 is 11.6 Å². The lowest BCUT2D eigenvalue weighted by Crippen LogP contribution is -2.08. The van der Waals surface area contributed by atoms with Gasteiger partial charge < -0.3 is 9.47 Å². The van der Waals surface area contributed by atoms with E-state index in [9.17, 15) is 4.79 Å². The van der Waals surface area contributed by atoms with Gasteiger partial charge in [0, 0.05) is 5.02 Å². The summed E-state index contributed by atoms with van der Waals surface area (Å²) >= 11 is 5.71. The number of aryl methyl sites for hydroxylation is 1. The highest BCUT2D eigenvalue weighted by atomic mass is 35.5. The molecule has 0 aliphatic rings. The van der Waals surface area contributed by atoms with Crippen LogP contribution in [-0.4, -0.2) is 13.3 Å². The second kappa shape index (κ2) is 4.14. The van der Waals surface area contributed by atoms with Crippen LogP contribution < -0.4 is 4.74 Å². The summed E-state index contributed by atoms with van der Waals surface area (Å²) in [6.07, 6.45) is -0.745. The number of ether oxygens (including phenoxy) is 2. The Kier molecular flexibility index (Phi) is 3.14. The lowest BCUT2D eigenvalue weighted by Gasteiger charge is -2.05. The van der Waals surface area contributed by atoms with Crippen molar-refractivity contribution in [2.75, 3.05) is 7.11 Å². The van der Waals surface area contributed by atoms with E-state index >= 15 is 0 Å². The molecule has 0 fully saturated rings. The topological polar surface area (TPSA) is 35.5 Å². The smallest absolute Gasteiger partial charge is 0.437 e. The molecule has 0 heterocycles. The number of benzene rings is 1. The molecule has 0 aliphatic carbocycles. The molecule has 0 atom stereocenters. The number of rotatable bonds is 1. The summed E-state index contributed by atoms with van der Waals surface area (Å²) in [7, 11) is 1.25. The first-order chi connectivity index (χ1) is 6.13. The van der Waals surface area contributed by atoms with Gasteiger partial charge >= 0.3 is 6.16 Å². The van der Waals surface area contributed by atoms with Crippen LogP contribution in [0.25, 0.3) is 0 Å². The Labute approximate surface area is 81.2 Å².